The highest BCUT2D eigenvalue weighted by atomic mass is 79.9. The summed E-state index contributed by atoms with van der Waals surface area (Å²) in [6, 6.07) is 5.19. The summed E-state index contributed by atoms with van der Waals surface area (Å²) in [6.45, 7) is 0. The predicted octanol–water partition coefficient (Wildman–Crippen LogP) is 1.28. The molecule has 0 aliphatic heterocycles. The molecule has 4 N–H and O–H groups in total. The van der Waals surface area contributed by atoms with E-state index in [4.69, 9.17) is 10.8 Å². The molecule has 1 aliphatic rings. The second-order valence-electron chi connectivity index (χ2n) is 4.03. The Labute approximate surface area is 102 Å². The number of hydrogen-bond acceptors (Lipinski definition) is 3. The van der Waals surface area contributed by atoms with Crippen molar-refractivity contribution in [2.24, 2.45) is 0 Å². The number of nitrogens with two attached hydrogens (primary N) is 1. The van der Waals surface area contributed by atoms with E-state index in [-0.39, 0.29) is 18.1 Å². The Hall–Kier alpha value is -1.07. The van der Waals surface area contributed by atoms with Crippen LogP contribution in [0.15, 0.2) is 22.7 Å². The van der Waals surface area contributed by atoms with Gasteiger partial charge in [-0.25, -0.2) is 0 Å². The Morgan fingerprint density at radius 2 is 2.19 bits per heavy atom. The first kappa shape index (κ1) is 11.4. The number of hydrogen-bond donors (Lipinski definition) is 3. The summed E-state index contributed by atoms with van der Waals surface area (Å²) in [4.78, 5) is 11.8. The van der Waals surface area contributed by atoms with Gasteiger partial charge in [-0.05, 0) is 47.0 Å². The van der Waals surface area contributed by atoms with Crippen LogP contribution in [-0.4, -0.2) is 23.2 Å². The van der Waals surface area contributed by atoms with Gasteiger partial charge >= 0.3 is 0 Å². The predicted molar refractivity (Wildman–Crippen MR) is 65.0 cm³/mol. The number of aliphatic hydroxyl groups is 1. The van der Waals surface area contributed by atoms with Crippen LogP contribution in [0.2, 0.25) is 0 Å². The number of aliphatic hydroxyl groups excluding tert-OH is 1. The normalized spacial score (nSPS) is 23.6. The first-order valence-electron chi connectivity index (χ1n) is 5.10. The molecular formula is C11H13BrN2O2. The van der Waals surface area contributed by atoms with Crippen molar-refractivity contribution in [2.45, 2.75) is 25.0 Å². The molecule has 0 bridgehead atoms. The first-order chi connectivity index (χ1) is 7.56. The number of carbonyl (C=O) groups excluding carboxylic acids is 1. The van der Waals surface area contributed by atoms with Crippen molar-refractivity contribution >= 4 is 27.5 Å². The van der Waals surface area contributed by atoms with Crippen molar-refractivity contribution in [3.63, 3.8) is 0 Å². The molecule has 0 unspecified atom stereocenters. The van der Waals surface area contributed by atoms with Gasteiger partial charge < -0.3 is 16.2 Å². The Morgan fingerprint density at radius 3 is 2.81 bits per heavy atom. The summed E-state index contributed by atoms with van der Waals surface area (Å²) in [5.41, 5.74) is 6.71. The van der Waals surface area contributed by atoms with Crippen molar-refractivity contribution in [1.82, 2.24) is 5.32 Å². The topological polar surface area (TPSA) is 75.4 Å². The van der Waals surface area contributed by atoms with Gasteiger partial charge in [0.05, 0.1) is 11.7 Å². The van der Waals surface area contributed by atoms with Crippen LogP contribution >= 0.6 is 15.9 Å². The number of anilines is 1. The lowest BCUT2D eigenvalue weighted by atomic mass is 9.89. The third-order valence-electron chi connectivity index (χ3n) is 2.68. The Bertz CT molecular complexity index is 416. The minimum absolute atomic E-state index is 0.0795. The van der Waals surface area contributed by atoms with Gasteiger partial charge in [0.2, 0.25) is 0 Å². The second kappa shape index (κ2) is 4.43. The van der Waals surface area contributed by atoms with Crippen LogP contribution in [0.4, 0.5) is 5.69 Å². The van der Waals surface area contributed by atoms with Gasteiger partial charge in [-0.1, -0.05) is 0 Å². The quantitative estimate of drug-likeness (QED) is 0.717. The lowest BCUT2D eigenvalue weighted by molar-refractivity contribution is 0.0562. The highest BCUT2D eigenvalue weighted by molar-refractivity contribution is 9.10. The maximum Gasteiger partial charge on any atom is 0.252 e. The van der Waals surface area contributed by atoms with Crippen LogP contribution in [0.3, 0.4) is 0 Å². The lowest BCUT2D eigenvalue weighted by Crippen LogP contribution is -2.46. The average molecular weight is 285 g/mol. The van der Waals surface area contributed by atoms with Crippen molar-refractivity contribution < 1.29 is 9.90 Å². The second-order valence-corrected chi connectivity index (χ2v) is 4.89. The molecule has 5 heteroatoms. The van der Waals surface area contributed by atoms with E-state index in [1.165, 1.54) is 0 Å². The first-order valence-corrected chi connectivity index (χ1v) is 5.89. The molecular weight excluding hydrogens is 272 g/mol. The van der Waals surface area contributed by atoms with Crippen LogP contribution in [0.25, 0.3) is 0 Å². The molecule has 1 saturated carbocycles. The minimum atomic E-state index is -0.269. The van der Waals surface area contributed by atoms with Crippen molar-refractivity contribution in [1.29, 1.82) is 0 Å². The molecule has 0 heterocycles. The number of rotatable bonds is 2. The molecule has 0 radical (unpaired) electrons. The van der Waals surface area contributed by atoms with Crippen molar-refractivity contribution in [2.75, 3.05) is 5.73 Å². The molecule has 1 fully saturated rings. The van der Waals surface area contributed by atoms with E-state index in [0.29, 0.717) is 24.1 Å². The van der Waals surface area contributed by atoms with E-state index in [2.05, 4.69) is 21.2 Å². The van der Waals surface area contributed by atoms with Gasteiger partial charge in [-0.3, -0.25) is 4.79 Å². The molecule has 1 aromatic carbocycles. The molecule has 0 aromatic heterocycles. The van der Waals surface area contributed by atoms with E-state index in [0.717, 1.165) is 4.47 Å². The van der Waals surface area contributed by atoms with Crippen LogP contribution in [-0.2, 0) is 0 Å². The summed E-state index contributed by atoms with van der Waals surface area (Å²) in [5, 5.41) is 12.0. The number of halogens is 1. The third-order valence-corrected chi connectivity index (χ3v) is 3.37. The Morgan fingerprint density at radius 1 is 1.50 bits per heavy atom. The number of carbonyl (C=O) groups is 1. The summed E-state index contributed by atoms with van der Waals surface area (Å²) in [7, 11) is 0. The van der Waals surface area contributed by atoms with Gasteiger partial charge in [0, 0.05) is 16.2 Å². The van der Waals surface area contributed by atoms with Crippen LogP contribution in [0.5, 0.6) is 0 Å². The zero-order chi connectivity index (χ0) is 11.7. The zero-order valence-corrected chi connectivity index (χ0v) is 10.2. The van der Waals surface area contributed by atoms with Gasteiger partial charge in [0.25, 0.3) is 5.91 Å². The van der Waals surface area contributed by atoms with E-state index in [1.807, 2.05) is 0 Å². The van der Waals surface area contributed by atoms with Crippen molar-refractivity contribution in [3.05, 3.63) is 28.2 Å². The smallest absolute Gasteiger partial charge is 0.252 e. The molecule has 4 nitrogen and oxygen atoms in total. The highest BCUT2D eigenvalue weighted by Gasteiger charge is 2.28. The maximum absolute atomic E-state index is 11.8. The highest BCUT2D eigenvalue weighted by Crippen LogP contribution is 2.23. The molecule has 0 spiro atoms. The SMILES string of the molecule is Nc1ccc(Br)c(C(=O)NC2CC(O)C2)c1. The molecule has 86 valence electrons. The van der Waals surface area contributed by atoms with Gasteiger partial charge in [-0.2, -0.15) is 0 Å². The number of nitrogens with one attached hydrogen (secondary N) is 1. The van der Waals surface area contributed by atoms with E-state index in [9.17, 15) is 4.79 Å². The standard InChI is InChI=1S/C11H13BrN2O2/c12-10-2-1-6(13)3-9(10)11(16)14-7-4-8(15)5-7/h1-3,7-8,15H,4-5,13H2,(H,14,16). The number of nitrogen functional groups attached to an aromatic ring is 1. The summed E-state index contributed by atoms with van der Waals surface area (Å²) >= 11 is 3.31. The lowest BCUT2D eigenvalue weighted by Gasteiger charge is -2.32. The molecule has 2 rings (SSSR count). The Kier molecular flexibility index (Phi) is 3.16. The molecule has 0 saturated heterocycles. The molecule has 1 amide bonds. The fraction of sp³-hybridized carbons (Fsp3) is 0.364. The summed E-state index contributed by atoms with van der Waals surface area (Å²) in [6.07, 6.45) is 0.992. The monoisotopic (exact) mass is 284 g/mol. The van der Waals surface area contributed by atoms with E-state index >= 15 is 0 Å². The summed E-state index contributed by atoms with van der Waals surface area (Å²) in [5.74, 6) is -0.156. The van der Waals surface area contributed by atoms with Gasteiger partial charge in [-0.15, -0.1) is 0 Å². The number of benzene rings is 1. The maximum atomic E-state index is 11.8. The summed E-state index contributed by atoms with van der Waals surface area (Å²) < 4.78 is 0.721. The average Bonchev–Trinajstić information content (AvgIpc) is 2.19. The van der Waals surface area contributed by atoms with Crippen LogP contribution in [0.1, 0.15) is 23.2 Å². The molecule has 0 atom stereocenters. The van der Waals surface area contributed by atoms with Gasteiger partial charge in [0.1, 0.15) is 0 Å². The van der Waals surface area contributed by atoms with Crippen molar-refractivity contribution in [3.8, 4) is 0 Å². The molecule has 16 heavy (non-hydrogen) atoms. The number of amides is 1. The van der Waals surface area contributed by atoms with E-state index in [1.54, 1.807) is 18.2 Å². The van der Waals surface area contributed by atoms with Gasteiger partial charge in [0.15, 0.2) is 0 Å². The fourth-order valence-electron chi connectivity index (χ4n) is 1.69. The van der Waals surface area contributed by atoms with Crippen LogP contribution in [0, 0.1) is 0 Å². The largest absolute Gasteiger partial charge is 0.399 e. The fourth-order valence-corrected chi connectivity index (χ4v) is 2.11. The zero-order valence-electron chi connectivity index (χ0n) is 8.61. The minimum Gasteiger partial charge on any atom is -0.399 e. The molecule has 1 aromatic rings. The van der Waals surface area contributed by atoms with Crippen LogP contribution < -0.4 is 11.1 Å². The third kappa shape index (κ3) is 2.36. The molecule has 1 aliphatic carbocycles. The Balaban J connectivity index is 2.05. The van der Waals surface area contributed by atoms with E-state index < -0.39 is 0 Å².